The van der Waals surface area contributed by atoms with Crippen molar-refractivity contribution in [3.63, 3.8) is 0 Å². The van der Waals surface area contributed by atoms with Crippen LogP contribution in [0.15, 0.2) is 0 Å². The fourth-order valence-electron chi connectivity index (χ4n) is 1.38. The number of nitrogens with one attached hydrogen (secondary N) is 2. The smallest absolute Gasteiger partial charge is 0.224 e. The molecule has 4 nitrogen and oxygen atoms in total. The van der Waals surface area contributed by atoms with Gasteiger partial charge in [0.05, 0.1) is 0 Å². The second-order valence-electron chi connectivity index (χ2n) is 4.43. The Morgan fingerprint density at radius 3 is 2.62 bits per heavy atom. The first kappa shape index (κ1) is 15.4. The second-order valence-corrected chi connectivity index (χ2v) is 4.43. The molecule has 0 aliphatic rings. The van der Waals surface area contributed by atoms with Crippen molar-refractivity contribution < 1.29 is 9.90 Å². The largest absolute Gasteiger partial charge is 0.396 e. The molecule has 0 aliphatic carbocycles. The minimum atomic E-state index is 0.0233. The van der Waals surface area contributed by atoms with Crippen LogP contribution in [-0.2, 0) is 4.79 Å². The molecule has 0 aliphatic heterocycles. The number of carbonyl (C=O) groups is 1. The van der Waals surface area contributed by atoms with E-state index in [1.54, 1.807) is 0 Å². The molecule has 0 radical (unpaired) electrons. The van der Waals surface area contributed by atoms with Crippen molar-refractivity contribution in [2.75, 3.05) is 26.2 Å². The highest BCUT2D eigenvalue weighted by Gasteiger charge is 2.11. The van der Waals surface area contributed by atoms with E-state index < -0.39 is 0 Å². The lowest BCUT2D eigenvalue weighted by Gasteiger charge is -2.13. The molecule has 2 atom stereocenters. The molecule has 4 heteroatoms. The Labute approximate surface area is 98.8 Å². The highest BCUT2D eigenvalue weighted by atomic mass is 16.3. The molecule has 0 aromatic heterocycles. The SMILES string of the molecule is CCNCC(C)C(=O)NCCCC(C)CO. The molecule has 0 aromatic carbocycles. The quantitative estimate of drug-likeness (QED) is 0.512. The van der Waals surface area contributed by atoms with Crippen LogP contribution < -0.4 is 10.6 Å². The molecule has 0 saturated carbocycles. The molecule has 0 saturated heterocycles. The second kappa shape index (κ2) is 9.60. The molecule has 1 amide bonds. The van der Waals surface area contributed by atoms with Crippen LogP contribution in [0.25, 0.3) is 0 Å². The summed E-state index contributed by atoms with van der Waals surface area (Å²) < 4.78 is 0. The van der Waals surface area contributed by atoms with Gasteiger partial charge in [0.15, 0.2) is 0 Å². The van der Waals surface area contributed by atoms with Gasteiger partial charge < -0.3 is 15.7 Å². The fourth-order valence-corrected chi connectivity index (χ4v) is 1.38. The summed E-state index contributed by atoms with van der Waals surface area (Å²) in [5.41, 5.74) is 0. The van der Waals surface area contributed by atoms with Crippen LogP contribution in [-0.4, -0.2) is 37.3 Å². The normalized spacial score (nSPS) is 14.5. The van der Waals surface area contributed by atoms with E-state index in [0.717, 1.165) is 25.9 Å². The van der Waals surface area contributed by atoms with E-state index >= 15 is 0 Å². The number of rotatable bonds is 9. The Morgan fingerprint density at radius 1 is 1.38 bits per heavy atom. The van der Waals surface area contributed by atoms with Crippen LogP contribution >= 0.6 is 0 Å². The topological polar surface area (TPSA) is 61.4 Å². The molecular formula is C12H26N2O2. The molecule has 2 unspecified atom stereocenters. The molecule has 16 heavy (non-hydrogen) atoms. The third-order valence-corrected chi connectivity index (χ3v) is 2.63. The van der Waals surface area contributed by atoms with Gasteiger partial charge >= 0.3 is 0 Å². The Morgan fingerprint density at radius 2 is 2.06 bits per heavy atom. The van der Waals surface area contributed by atoms with Crippen molar-refractivity contribution >= 4 is 5.91 Å². The van der Waals surface area contributed by atoms with Gasteiger partial charge in [-0.05, 0) is 25.3 Å². The summed E-state index contributed by atoms with van der Waals surface area (Å²) in [5, 5.41) is 14.9. The van der Waals surface area contributed by atoms with Crippen LogP contribution in [0.5, 0.6) is 0 Å². The van der Waals surface area contributed by atoms with Crippen LogP contribution in [0.2, 0.25) is 0 Å². The minimum absolute atomic E-state index is 0.0233. The average molecular weight is 230 g/mol. The van der Waals surface area contributed by atoms with Gasteiger partial charge in [0.25, 0.3) is 0 Å². The molecule has 0 heterocycles. The number of carbonyl (C=O) groups excluding carboxylic acids is 1. The zero-order valence-electron chi connectivity index (χ0n) is 10.8. The Balaban J connectivity index is 3.49. The fraction of sp³-hybridized carbons (Fsp3) is 0.917. The van der Waals surface area contributed by atoms with Gasteiger partial charge in [-0.1, -0.05) is 20.8 Å². The van der Waals surface area contributed by atoms with Crippen molar-refractivity contribution in [2.24, 2.45) is 11.8 Å². The van der Waals surface area contributed by atoms with Crippen molar-refractivity contribution in [3.8, 4) is 0 Å². The lowest BCUT2D eigenvalue weighted by Crippen LogP contribution is -2.35. The van der Waals surface area contributed by atoms with E-state index in [-0.39, 0.29) is 18.4 Å². The van der Waals surface area contributed by atoms with E-state index in [1.165, 1.54) is 0 Å². The van der Waals surface area contributed by atoms with Crippen molar-refractivity contribution in [1.29, 1.82) is 0 Å². The summed E-state index contributed by atoms with van der Waals surface area (Å²) in [6.07, 6.45) is 1.89. The molecule has 0 spiro atoms. The summed E-state index contributed by atoms with van der Waals surface area (Å²) in [5.74, 6) is 0.462. The Bertz CT molecular complexity index is 186. The maximum atomic E-state index is 11.6. The van der Waals surface area contributed by atoms with Gasteiger partial charge in [-0.2, -0.15) is 0 Å². The van der Waals surface area contributed by atoms with Crippen LogP contribution in [0, 0.1) is 11.8 Å². The number of amides is 1. The van der Waals surface area contributed by atoms with Crippen molar-refractivity contribution in [2.45, 2.75) is 33.6 Å². The first-order valence-electron chi connectivity index (χ1n) is 6.21. The van der Waals surface area contributed by atoms with Crippen molar-refractivity contribution in [3.05, 3.63) is 0 Å². The van der Waals surface area contributed by atoms with Crippen LogP contribution in [0.4, 0.5) is 0 Å². The summed E-state index contributed by atoms with van der Waals surface area (Å²) in [6, 6.07) is 0. The first-order chi connectivity index (χ1) is 7.61. The predicted molar refractivity (Wildman–Crippen MR) is 66.2 cm³/mol. The summed E-state index contributed by atoms with van der Waals surface area (Å²) >= 11 is 0. The van der Waals surface area contributed by atoms with Crippen LogP contribution in [0.1, 0.15) is 33.6 Å². The van der Waals surface area contributed by atoms with Gasteiger partial charge in [0.2, 0.25) is 5.91 Å². The predicted octanol–water partition coefficient (Wildman–Crippen LogP) is 0.757. The molecule has 96 valence electrons. The van der Waals surface area contributed by atoms with Gasteiger partial charge in [-0.15, -0.1) is 0 Å². The summed E-state index contributed by atoms with van der Waals surface area (Å²) in [4.78, 5) is 11.6. The molecule has 0 bridgehead atoms. The summed E-state index contributed by atoms with van der Waals surface area (Å²) in [6.45, 7) is 8.52. The van der Waals surface area contributed by atoms with E-state index in [2.05, 4.69) is 10.6 Å². The molecule has 0 aromatic rings. The van der Waals surface area contributed by atoms with Crippen LogP contribution in [0.3, 0.4) is 0 Å². The molecule has 3 N–H and O–H groups in total. The van der Waals surface area contributed by atoms with E-state index in [0.29, 0.717) is 12.5 Å². The van der Waals surface area contributed by atoms with E-state index in [1.807, 2.05) is 20.8 Å². The lowest BCUT2D eigenvalue weighted by atomic mass is 10.1. The highest BCUT2D eigenvalue weighted by molar-refractivity contribution is 5.78. The third kappa shape index (κ3) is 7.65. The zero-order valence-corrected chi connectivity index (χ0v) is 10.8. The lowest BCUT2D eigenvalue weighted by molar-refractivity contribution is -0.124. The number of aliphatic hydroxyl groups is 1. The number of hydrogen-bond acceptors (Lipinski definition) is 3. The molecule has 0 rings (SSSR count). The van der Waals surface area contributed by atoms with E-state index in [9.17, 15) is 4.79 Å². The molecular weight excluding hydrogens is 204 g/mol. The average Bonchev–Trinajstić information content (AvgIpc) is 2.30. The first-order valence-corrected chi connectivity index (χ1v) is 6.21. The minimum Gasteiger partial charge on any atom is -0.396 e. The van der Waals surface area contributed by atoms with Crippen molar-refractivity contribution in [1.82, 2.24) is 10.6 Å². The van der Waals surface area contributed by atoms with E-state index in [4.69, 9.17) is 5.11 Å². The molecule has 0 fully saturated rings. The van der Waals surface area contributed by atoms with Gasteiger partial charge in [0.1, 0.15) is 0 Å². The van der Waals surface area contributed by atoms with Gasteiger partial charge in [-0.25, -0.2) is 0 Å². The van der Waals surface area contributed by atoms with Gasteiger partial charge in [-0.3, -0.25) is 4.79 Å². The number of aliphatic hydroxyl groups excluding tert-OH is 1. The summed E-state index contributed by atoms with van der Waals surface area (Å²) in [7, 11) is 0. The maximum Gasteiger partial charge on any atom is 0.224 e. The standard InChI is InChI=1S/C12H26N2O2/c1-4-13-8-11(3)12(16)14-7-5-6-10(2)9-15/h10-11,13,15H,4-9H2,1-3H3,(H,14,16). The monoisotopic (exact) mass is 230 g/mol. The maximum absolute atomic E-state index is 11.6. The highest BCUT2D eigenvalue weighted by Crippen LogP contribution is 2.02. The zero-order chi connectivity index (χ0) is 12.4. The Kier molecular flexibility index (Phi) is 9.24. The number of hydrogen-bond donors (Lipinski definition) is 3. The van der Waals surface area contributed by atoms with Gasteiger partial charge in [0, 0.05) is 25.6 Å². The third-order valence-electron chi connectivity index (χ3n) is 2.63. The Hall–Kier alpha value is -0.610.